The van der Waals surface area contributed by atoms with E-state index in [-0.39, 0.29) is 12.0 Å². The molecule has 0 saturated carbocycles. The number of carboxylic acids is 1. The fourth-order valence-corrected chi connectivity index (χ4v) is 2.90. The van der Waals surface area contributed by atoms with Crippen molar-refractivity contribution in [2.24, 2.45) is 0 Å². The van der Waals surface area contributed by atoms with Gasteiger partial charge in [-0.3, -0.25) is 4.79 Å². The molecule has 0 bridgehead atoms. The number of fused-ring (bicyclic) bond motifs is 1. The van der Waals surface area contributed by atoms with Gasteiger partial charge in [0.2, 0.25) is 0 Å². The monoisotopic (exact) mass is 291 g/mol. The second-order valence-electron chi connectivity index (χ2n) is 5.88. The number of carbonyl (C=O) groups is 1. The van der Waals surface area contributed by atoms with Crippen molar-refractivity contribution in [2.75, 3.05) is 18.0 Å². The molecule has 1 N–H and O–H groups in total. The van der Waals surface area contributed by atoms with Crippen LogP contribution < -0.4 is 9.64 Å². The van der Waals surface area contributed by atoms with Gasteiger partial charge < -0.3 is 14.7 Å². The van der Waals surface area contributed by atoms with Gasteiger partial charge in [-0.15, -0.1) is 0 Å². The summed E-state index contributed by atoms with van der Waals surface area (Å²) >= 11 is 0. The Balaban J connectivity index is 2.24. The number of aryl methyl sites for hydroxylation is 1. The standard InChI is InChI=1S/C17H25NO3/c1-4-17(5-2)12-18(10-6-7-16(19)20)14-11-13(3)8-9-15(14)21-17/h8-9,11H,4-7,10,12H2,1-3H3,(H,19,20). The number of benzene rings is 1. The molecular formula is C17H25NO3. The molecule has 0 radical (unpaired) electrons. The minimum absolute atomic E-state index is 0.161. The van der Waals surface area contributed by atoms with Gasteiger partial charge in [0.05, 0.1) is 12.2 Å². The Morgan fingerprint density at radius 3 is 2.71 bits per heavy atom. The summed E-state index contributed by atoms with van der Waals surface area (Å²) in [6.45, 7) is 7.96. The highest BCUT2D eigenvalue weighted by molar-refractivity contribution is 5.67. The van der Waals surface area contributed by atoms with Gasteiger partial charge in [0.15, 0.2) is 0 Å². The van der Waals surface area contributed by atoms with Gasteiger partial charge >= 0.3 is 5.97 Å². The number of nitrogens with zero attached hydrogens (tertiary/aromatic N) is 1. The smallest absolute Gasteiger partial charge is 0.303 e. The Hall–Kier alpha value is -1.71. The highest BCUT2D eigenvalue weighted by atomic mass is 16.5. The molecule has 116 valence electrons. The van der Waals surface area contributed by atoms with Gasteiger partial charge in [-0.05, 0) is 43.9 Å². The van der Waals surface area contributed by atoms with Crippen LogP contribution in [0.15, 0.2) is 18.2 Å². The summed E-state index contributed by atoms with van der Waals surface area (Å²) in [6, 6.07) is 6.23. The van der Waals surface area contributed by atoms with Crippen LogP contribution in [0.4, 0.5) is 5.69 Å². The average molecular weight is 291 g/mol. The third kappa shape index (κ3) is 3.49. The van der Waals surface area contributed by atoms with Crippen molar-refractivity contribution in [3.63, 3.8) is 0 Å². The predicted molar refractivity (Wildman–Crippen MR) is 84.2 cm³/mol. The molecule has 4 heteroatoms. The van der Waals surface area contributed by atoms with Crippen molar-refractivity contribution in [1.29, 1.82) is 0 Å². The molecule has 1 aliphatic heterocycles. The summed E-state index contributed by atoms with van der Waals surface area (Å²) in [4.78, 5) is 13.0. The van der Waals surface area contributed by atoms with E-state index in [1.807, 2.05) is 6.07 Å². The Morgan fingerprint density at radius 1 is 1.38 bits per heavy atom. The lowest BCUT2D eigenvalue weighted by Gasteiger charge is -2.44. The molecule has 2 rings (SSSR count). The normalized spacial score (nSPS) is 16.2. The number of hydrogen-bond acceptors (Lipinski definition) is 3. The molecule has 1 aliphatic rings. The van der Waals surface area contributed by atoms with Gasteiger partial charge in [0.25, 0.3) is 0 Å². The molecule has 0 saturated heterocycles. The molecular weight excluding hydrogens is 266 g/mol. The van der Waals surface area contributed by atoms with Crippen LogP contribution in [0.25, 0.3) is 0 Å². The van der Waals surface area contributed by atoms with Crippen LogP contribution >= 0.6 is 0 Å². The highest BCUT2D eigenvalue weighted by Crippen LogP contribution is 2.40. The van der Waals surface area contributed by atoms with Gasteiger partial charge in [-0.1, -0.05) is 19.9 Å². The molecule has 4 nitrogen and oxygen atoms in total. The van der Waals surface area contributed by atoms with Crippen LogP contribution in [0, 0.1) is 6.92 Å². The zero-order valence-corrected chi connectivity index (χ0v) is 13.2. The first-order valence-electron chi connectivity index (χ1n) is 7.76. The van der Waals surface area contributed by atoms with Crippen LogP contribution in [0.2, 0.25) is 0 Å². The second-order valence-corrected chi connectivity index (χ2v) is 5.88. The van der Waals surface area contributed by atoms with Crippen molar-refractivity contribution in [3.8, 4) is 5.75 Å². The second kappa shape index (κ2) is 6.37. The molecule has 1 aromatic carbocycles. The van der Waals surface area contributed by atoms with Crippen LogP contribution in [0.5, 0.6) is 5.75 Å². The molecule has 0 atom stereocenters. The Morgan fingerprint density at radius 2 is 2.10 bits per heavy atom. The summed E-state index contributed by atoms with van der Waals surface area (Å²) in [6.07, 6.45) is 2.77. The lowest BCUT2D eigenvalue weighted by molar-refractivity contribution is -0.137. The number of aliphatic carboxylic acids is 1. The van der Waals surface area contributed by atoms with E-state index in [1.54, 1.807) is 0 Å². The maximum absolute atomic E-state index is 10.7. The van der Waals surface area contributed by atoms with Crippen LogP contribution in [0.1, 0.15) is 45.1 Å². The number of hydrogen-bond donors (Lipinski definition) is 1. The van der Waals surface area contributed by atoms with Gasteiger partial charge in [-0.2, -0.15) is 0 Å². The zero-order chi connectivity index (χ0) is 15.5. The summed E-state index contributed by atoms with van der Waals surface area (Å²) in [5.41, 5.74) is 2.13. The van der Waals surface area contributed by atoms with E-state index in [1.165, 1.54) is 5.56 Å². The van der Waals surface area contributed by atoms with Crippen LogP contribution in [0.3, 0.4) is 0 Å². The number of carboxylic acid groups (broad SMARTS) is 1. The van der Waals surface area contributed by atoms with Gasteiger partial charge in [0.1, 0.15) is 11.4 Å². The molecule has 1 aromatic rings. The summed E-state index contributed by atoms with van der Waals surface area (Å²) < 4.78 is 6.27. The maximum atomic E-state index is 10.7. The molecule has 0 fully saturated rings. The van der Waals surface area contributed by atoms with E-state index in [4.69, 9.17) is 9.84 Å². The fourth-order valence-electron chi connectivity index (χ4n) is 2.90. The van der Waals surface area contributed by atoms with Crippen molar-refractivity contribution in [3.05, 3.63) is 23.8 Å². The first-order valence-corrected chi connectivity index (χ1v) is 7.76. The summed E-state index contributed by atoms with van der Waals surface area (Å²) in [5, 5.41) is 8.83. The Labute approximate surface area is 126 Å². The van der Waals surface area contributed by atoms with E-state index in [9.17, 15) is 4.79 Å². The largest absolute Gasteiger partial charge is 0.483 e. The van der Waals surface area contributed by atoms with Crippen molar-refractivity contribution in [1.82, 2.24) is 0 Å². The van der Waals surface area contributed by atoms with E-state index >= 15 is 0 Å². The number of anilines is 1. The van der Waals surface area contributed by atoms with Crippen molar-refractivity contribution >= 4 is 11.7 Å². The van der Waals surface area contributed by atoms with E-state index in [2.05, 4.69) is 37.8 Å². The predicted octanol–water partition coefficient (Wildman–Crippen LogP) is 3.62. The topological polar surface area (TPSA) is 49.8 Å². The first kappa shape index (κ1) is 15.7. The third-order valence-corrected chi connectivity index (χ3v) is 4.37. The van der Waals surface area contributed by atoms with E-state index in [0.29, 0.717) is 6.42 Å². The van der Waals surface area contributed by atoms with E-state index < -0.39 is 5.97 Å². The number of ether oxygens (including phenoxy) is 1. The fraction of sp³-hybridized carbons (Fsp3) is 0.588. The third-order valence-electron chi connectivity index (χ3n) is 4.37. The molecule has 0 aromatic heterocycles. The maximum Gasteiger partial charge on any atom is 0.303 e. The lowest BCUT2D eigenvalue weighted by Crippen LogP contribution is -2.50. The van der Waals surface area contributed by atoms with Gasteiger partial charge in [-0.25, -0.2) is 0 Å². The minimum atomic E-state index is -0.732. The lowest BCUT2D eigenvalue weighted by atomic mass is 9.93. The zero-order valence-electron chi connectivity index (χ0n) is 13.2. The molecule has 21 heavy (non-hydrogen) atoms. The minimum Gasteiger partial charge on any atom is -0.483 e. The quantitative estimate of drug-likeness (QED) is 0.869. The van der Waals surface area contributed by atoms with Crippen molar-refractivity contribution in [2.45, 2.75) is 52.1 Å². The van der Waals surface area contributed by atoms with Crippen molar-refractivity contribution < 1.29 is 14.6 Å². The highest BCUT2D eigenvalue weighted by Gasteiger charge is 2.36. The molecule has 0 spiro atoms. The van der Waals surface area contributed by atoms with E-state index in [0.717, 1.165) is 37.4 Å². The molecule has 0 aliphatic carbocycles. The molecule has 0 unspecified atom stereocenters. The Kier molecular flexibility index (Phi) is 4.76. The first-order chi connectivity index (χ1) is 9.99. The average Bonchev–Trinajstić information content (AvgIpc) is 2.47. The summed E-state index contributed by atoms with van der Waals surface area (Å²) in [7, 11) is 0. The SMILES string of the molecule is CCC1(CC)CN(CCCC(=O)O)c2cc(C)ccc2O1. The molecule has 0 amide bonds. The Bertz CT molecular complexity index is 509. The molecule has 1 heterocycles. The van der Waals surface area contributed by atoms with Crippen LogP contribution in [-0.2, 0) is 4.79 Å². The number of rotatable bonds is 6. The van der Waals surface area contributed by atoms with Crippen LogP contribution in [-0.4, -0.2) is 29.8 Å². The van der Waals surface area contributed by atoms with Gasteiger partial charge in [0, 0.05) is 13.0 Å². The summed E-state index contributed by atoms with van der Waals surface area (Å²) in [5.74, 6) is 0.191.